The number of nitrogens with zero attached hydrogens (tertiary/aromatic N) is 3. The van der Waals surface area contributed by atoms with Gasteiger partial charge in [-0.1, -0.05) is 96.0 Å². The van der Waals surface area contributed by atoms with Crippen molar-refractivity contribution >= 4 is 57.1 Å². The van der Waals surface area contributed by atoms with Crippen molar-refractivity contribution in [3.05, 3.63) is 136 Å². The molecular weight excluding hydrogens is 527 g/mol. The Kier molecular flexibility index (Phi) is 6.84. The lowest BCUT2D eigenvalue weighted by Crippen LogP contribution is -2.18. The molecule has 7 heteroatoms. The number of nitrogens with one attached hydrogen (secondary N) is 1. The summed E-state index contributed by atoms with van der Waals surface area (Å²) in [6.45, 7) is 0.571. The Hall–Kier alpha value is -4.45. The Bertz CT molecular complexity index is 1860. The molecule has 0 bridgehead atoms. The van der Waals surface area contributed by atoms with Crippen LogP contribution in [0.5, 0.6) is 0 Å². The minimum absolute atomic E-state index is 0.307. The molecule has 190 valence electrons. The molecule has 39 heavy (non-hydrogen) atoms. The Morgan fingerprint density at radius 2 is 1.62 bits per heavy atom. The second-order valence-electron chi connectivity index (χ2n) is 9.10. The van der Waals surface area contributed by atoms with Gasteiger partial charge in [0.15, 0.2) is 0 Å². The number of aromatic nitrogens is 2. The number of hydrogen-bond donors (Lipinski definition) is 1. The summed E-state index contributed by atoms with van der Waals surface area (Å²) in [5, 5.41) is 7.32. The minimum atomic E-state index is -0.307. The van der Waals surface area contributed by atoms with Gasteiger partial charge in [0.25, 0.3) is 5.91 Å². The van der Waals surface area contributed by atoms with Gasteiger partial charge in [-0.3, -0.25) is 4.79 Å². The lowest BCUT2D eigenvalue weighted by molar-refractivity contribution is 0.0956. The van der Waals surface area contributed by atoms with Crippen LogP contribution in [0, 0.1) is 0 Å². The fourth-order valence-corrected chi connectivity index (χ4v) is 5.15. The van der Waals surface area contributed by atoms with Crippen molar-refractivity contribution in [3.63, 3.8) is 0 Å². The fourth-order valence-electron chi connectivity index (χ4n) is 4.68. The number of rotatable bonds is 6. The number of hydrogen-bond acceptors (Lipinski definition) is 3. The number of hydrazone groups is 1. The van der Waals surface area contributed by atoms with Crippen LogP contribution in [-0.4, -0.2) is 21.7 Å². The molecule has 0 unspecified atom stereocenters. The zero-order valence-corrected chi connectivity index (χ0v) is 22.2. The Labute approximate surface area is 235 Å². The zero-order valence-electron chi connectivity index (χ0n) is 20.7. The number of carbonyl (C=O) groups is 1. The predicted molar refractivity (Wildman–Crippen MR) is 160 cm³/mol. The van der Waals surface area contributed by atoms with E-state index in [0.717, 1.165) is 44.2 Å². The number of benzene rings is 4. The molecule has 0 saturated carbocycles. The van der Waals surface area contributed by atoms with E-state index in [9.17, 15) is 4.79 Å². The van der Waals surface area contributed by atoms with Crippen molar-refractivity contribution in [2.75, 3.05) is 0 Å². The van der Waals surface area contributed by atoms with Gasteiger partial charge in [0.2, 0.25) is 0 Å². The quantitative estimate of drug-likeness (QED) is 0.169. The van der Waals surface area contributed by atoms with E-state index in [0.29, 0.717) is 22.2 Å². The summed E-state index contributed by atoms with van der Waals surface area (Å²) in [5.74, 6) is -0.307. The monoisotopic (exact) mass is 548 g/mol. The van der Waals surface area contributed by atoms with Gasteiger partial charge in [-0.25, -0.2) is 10.4 Å². The second-order valence-corrected chi connectivity index (χ2v) is 9.95. The van der Waals surface area contributed by atoms with Gasteiger partial charge in [0.1, 0.15) is 0 Å². The van der Waals surface area contributed by atoms with Crippen LogP contribution < -0.4 is 5.43 Å². The lowest BCUT2D eigenvalue weighted by Gasteiger charge is -2.09. The maximum absolute atomic E-state index is 13.3. The van der Waals surface area contributed by atoms with E-state index in [2.05, 4.69) is 15.1 Å². The highest BCUT2D eigenvalue weighted by Crippen LogP contribution is 2.27. The molecule has 1 amide bonds. The molecular formula is C32H22Cl2N4O. The fraction of sp³-hybridized carbons (Fsp3) is 0.0312. The second kappa shape index (κ2) is 10.7. The summed E-state index contributed by atoms with van der Waals surface area (Å²) in [4.78, 5) is 18.1. The molecule has 0 aliphatic carbocycles. The summed E-state index contributed by atoms with van der Waals surface area (Å²) in [6, 6.07) is 32.8. The van der Waals surface area contributed by atoms with Crippen molar-refractivity contribution < 1.29 is 4.79 Å². The first-order valence-electron chi connectivity index (χ1n) is 12.4. The van der Waals surface area contributed by atoms with Gasteiger partial charge >= 0.3 is 0 Å². The van der Waals surface area contributed by atoms with Gasteiger partial charge in [-0.05, 0) is 35.9 Å². The van der Waals surface area contributed by atoms with Crippen LogP contribution in [0.25, 0.3) is 33.1 Å². The van der Waals surface area contributed by atoms with Crippen molar-refractivity contribution in [1.82, 2.24) is 15.0 Å². The maximum atomic E-state index is 13.3. The van der Waals surface area contributed by atoms with E-state index >= 15 is 0 Å². The van der Waals surface area contributed by atoms with E-state index in [-0.39, 0.29) is 5.91 Å². The van der Waals surface area contributed by atoms with Crippen LogP contribution in [0.4, 0.5) is 0 Å². The van der Waals surface area contributed by atoms with Gasteiger partial charge in [0, 0.05) is 50.2 Å². The van der Waals surface area contributed by atoms with Crippen LogP contribution in [0.3, 0.4) is 0 Å². The molecule has 0 fully saturated rings. The molecule has 0 spiro atoms. The van der Waals surface area contributed by atoms with Crippen LogP contribution in [0.1, 0.15) is 21.5 Å². The van der Waals surface area contributed by atoms with Gasteiger partial charge in [-0.15, -0.1) is 0 Å². The predicted octanol–water partition coefficient (Wildman–Crippen LogP) is 7.98. The number of carbonyl (C=O) groups excluding carboxylic acids is 1. The number of halogens is 2. The molecule has 0 aliphatic heterocycles. The third kappa shape index (κ3) is 5.15. The van der Waals surface area contributed by atoms with Gasteiger partial charge in [0.05, 0.1) is 23.0 Å². The van der Waals surface area contributed by atoms with Crippen LogP contribution >= 0.6 is 23.2 Å². The molecule has 1 N–H and O–H groups in total. The highest BCUT2D eigenvalue weighted by atomic mass is 35.5. The van der Waals surface area contributed by atoms with E-state index in [1.165, 1.54) is 0 Å². The largest absolute Gasteiger partial charge is 0.342 e. The topological polar surface area (TPSA) is 59.3 Å². The van der Waals surface area contributed by atoms with Crippen LogP contribution in [0.15, 0.2) is 114 Å². The number of pyridine rings is 1. The summed E-state index contributed by atoms with van der Waals surface area (Å²) in [6.07, 6.45) is 3.67. The molecule has 6 rings (SSSR count). The number of para-hydroxylation sites is 2. The highest BCUT2D eigenvalue weighted by molar-refractivity contribution is 6.35. The van der Waals surface area contributed by atoms with Crippen LogP contribution in [0.2, 0.25) is 10.0 Å². The summed E-state index contributed by atoms with van der Waals surface area (Å²) < 4.78 is 2.11. The summed E-state index contributed by atoms with van der Waals surface area (Å²) >= 11 is 12.5. The molecule has 0 radical (unpaired) electrons. The first-order chi connectivity index (χ1) is 19.1. The van der Waals surface area contributed by atoms with E-state index in [1.54, 1.807) is 12.3 Å². The first-order valence-corrected chi connectivity index (χ1v) is 13.1. The first kappa shape index (κ1) is 24.9. The molecule has 0 saturated heterocycles. The van der Waals surface area contributed by atoms with Crippen molar-refractivity contribution in [1.29, 1.82) is 0 Å². The Balaban J connectivity index is 1.30. The third-order valence-corrected chi connectivity index (χ3v) is 7.16. The normalized spacial score (nSPS) is 11.4. The summed E-state index contributed by atoms with van der Waals surface area (Å²) in [5.41, 5.74) is 8.50. The molecule has 6 aromatic rings. The molecule has 2 heterocycles. The molecule has 0 atom stereocenters. The van der Waals surface area contributed by atoms with Gasteiger partial charge in [-0.2, -0.15) is 5.10 Å². The number of amides is 1. The van der Waals surface area contributed by atoms with E-state index in [1.807, 2.05) is 103 Å². The van der Waals surface area contributed by atoms with Gasteiger partial charge < -0.3 is 4.57 Å². The average molecular weight is 549 g/mol. The summed E-state index contributed by atoms with van der Waals surface area (Å²) in [7, 11) is 0. The molecule has 2 aromatic heterocycles. The van der Waals surface area contributed by atoms with Crippen molar-refractivity contribution in [2.45, 2.75) is 6.54 Å². The maximum Gasteiger partial charge on any atom is 0.272 e. The molecule has 5 nitrogen and oxygen atoms in total. The Morgan fingerprint density at radius 1 is 0.872 bits per heavy atom. The third-order valence-electron chi connectivity index (χ3n) is 6.58. The van der Waals surface area contributed by atoms with Crippen molar-refractivity contribution in [3.8, 4) is 11.3 Å². The number of fused-ring (bicyclic) bond motifs is 2. The standard InChI is InChI=1S/C32H22Cl2N4O/c33-24-15-14-22(28(34)16-24)19-38-20-23(25-10-5-7-13-31(25)38)18-35-37-32(39)27-17-30(21-8-2-1-3-9-21)36-29-12-6-4-11-26(27)29/h1-18,20H,19H2,(H,37,39)/b35-18-. The smallest absolute Gasteiger partial charge is 0.272 e. The SMILES string of the molecule is O=C(N/N=C\c1cn(Cc2ccc(Cl)cc2Cl)c2ccccc12)c1cc(-c2ccccc2)nc2ccccc12. The van der Waals surface area contributed by atoms with Crippen molar-refractivity contribution in [2.24, 2.45) is 5.10 Å². The Morgan fingerprint density at radius 3 is 2.44 bits per heavy atom. The lowest BCUT2D eigenvalue weighted by atomic mass is 10.0. The van der Waals surface area contributed by atoms with E-state index in [4.69, 9.17) is 28.2 Å². The zero-order chi connectivity index (χ0) is 26.8. The van der Waals surface area contributed by atoms with E-state index < -0.39 is 0 Å². The average Bonchev–Trinajstić information content (AvgIpc) is 3.31. The van der Waals surface area contributed by atoms with Crippen LogP contribution in [-0.2, 0) is 6.54 Å². The molecule has 0 aliphatic rings. The highest BCUT2D eigenvalue weighted by Gasteiger charge is 2.14. The minimum Gasteiger partial charge on any atom is -0.342 e. The molecule has 4 aromatic carbocycles.